The quantitative estimate of drug-likeness (QED) is 0.151. The molecule has 2 aliphatic heterocycles. The van der Waals surface area contributed by atoms with Gasteiger partial charge in [-0.05, 0) is 96.5 Å². The van der Waals surface area contributed by atoms with E-state index in [9.17, 15) is 45.5 Å². The molecule has 312 valence electrons. The summed E-state index contributed by atoms with van der Waals surface area (Å²) in [6.07, 6.45) is -23.1. The number of nitrogens with zero attached hydrogens (tertiary/aromatic N) is 2. The highest BCUT2D eigenvalue weighted by Gasteiger charge is 2.73. The van der Waals surface area contributed by atoms with Crippen LogP contribution in [-0.4, -0.2) is 46.4 Å². The van der Waals surface area contributed by atoms with Crippen molar-refractivity contribution in [2.24, 2.45) is 0 Å². The third kappa shape index (κ3) is 6.73. The van der Waals surface area contributed by atoms with Crippen molar-refractivity contribution in [3.63, 3.8) is 0 Å². The van der Waals surface area contributed by atoms with E-state index in [1.807, 2.05) is 0 Å². The molecule has 0 unspecified atom stereocenters. The molecule has 2 heterocycles. The van der Waals surface area contributed by atoms with Gasteiger partial charge in [0.2, 0.25) is 5.41 Å². The number of alkyl halides is 12. The van der Waals surface area contributed by atoms with Crippen LogP contribution in [0.1, 0.15) is 111 Å². The number of carbonyl (C=O) groups is 4. The number of amides is 4. The van der Waals surface area contributed by atoms with Gasteiger partial charge >= 0.3 is 24.7 Å². The molecule has 0 atom stereocenters. The maximum Gasteiger partial charge on any atom is 0.417 e. The number of rotatable bonds is 4. The Morgan fingerprint density at radius 3 is 1.22 bits per heavy atom. The molecule has 59 heavy (non-hydrogen) atoms. The van der Waals surface area contributed by atoms with Crippen LogP contribution in [0.4, 0.5) is 58.4 Å². The van der Waals surface area contributed by atoms with Gasteiger partial charge in [0.15, 0.2) is 0 Å². The molecule has 0 bridgehead atoms. The normalized spacial score (nSPS) is 15.7. The average Bonchev–Trinajstić information content (AvgIpc) is 3.49. The Labute approximate surface area is 327 Å². The van der Waals surface area contributed by atoms with Crippen LogP contribution in [0, 0.1) is 0 Å². The van der Waals surface area contributed by atoms with Crippen molar-refractivity contribution in [1.82, 2.24) is 4.90 Å². The van der Waals surface area contributed by atoms with E-state index in [1.54, 1.807) is 20.8 Å². The summed E-state index contributed by atoms with van der Waals surface area (Å²) < 4.78 is 178. The van der Waals surface area contributed by atoms with Crippen LogP contribution < -0.4 is 4.90 Å². The molecular weight excluding hydrogens is 812 g/mol. The lowest BCUT2D eigenvalue weighted by Crippen LogP contribution is -2.55. The van der Waals surface area contributed by atoms with E-state index >= 15 is 26.3 Å². The van der Waals surface area contributed by atoms with Crippen LogP contribution >= 0.6 is 0 Å². The number of carbonyl (C=O) groups excluding carboxylic acids is 4. The molecule has 0 fully saturated rings. The van der Waals surface area contributed by atoms with Crippen LogP contribution in [0.15, 0.2) is 72.8 Å². The van der Waals surface area contributed by atoms with Crippen LogP contribution in [0.5, 0.6) is 0 Å². The van der Waals surface area contributed by atoms with E-state index in [0.29, 0.717) is 41.3 Å². The Kier molecular flexibility index (Phi) is 9.57. The molecule has 0 spiro atoms. The third-order valence-corrected chi connectivity index (χ3v) is 10.2. The summed E-state index contributed by atoms with van der Waals surface area (Å²) in [6.45, 7) is 8.96. The predicted molar refractivity (Wildman–Crippen MR) is 188 cm³/mol. The van der Waals surface area contributed by atoms with E-state index in [1.165, 1.54) is 26.8 Å². The Morgan fingerprint density at radius 2 is 0.780 bits per heavy atom. The fraction of sp³-hybridized carbons (Fsp3) is 0.317. The maximum atomic E-state index is 15.2. The Bertz CT molecular complexity index is 2450. The third-order valence-electron chi connectivity index (χ3n) is 10.2. The summed E-state index contributed by atoms with van der Waals surface area (Å²) in [5, 5.41) is 0. The number of fused-ring (bicyclic) bond motifs is 2. The number of imide groups is 2. The summed E-state index contributed by atoms with van der Waals surface area (Å²) in [7, 11) is 0. The van der Waals surface area contributed by atoms with Gasteiger partial charge in [-0.1, -0.05) is 51.1 Å². The fourth-order valence-electron chi connectivity index (χ4n) is 7.39. The van der Waals surface area contributed by atoms with Crippen molar-refractivity contribution in [1.29, 1.82) is 0 Å². The van der Waals surface area contributed by atoms with Gasteiger partial charge in [-0.2, -0.15) is 52.7 Å². The average molecular weight is 843 g/mol. The molecule has 18 heteroatoms. The van der Waals surface area contributed by atoms with Crippen molar-refractivity contribution < 1.29 is 71.9 Å². The summed E-state index contributed by atoms with van der Waals surface area (Å²) in [5.41, 5.74) is -19.3. The van der Waals surface area contributed by atoms with Crippen LogP contribution in [0.25, 0.3) is 11.1 Å². The van der Waals surface area contributed by atoms with Gasteiger partial charge in [-0.15, -0.1) is 0 Å². The van der Waals surface area contributed by atoms with Gasteiger partial charge in [-0.3, -0.25) is 24.1 Å². The molecule has 4 amide bonds. The minimum Gasteiger partial charge on any atom is -0.269 e. The Balaban J connectivity index is 1.50. The van der Waals surface area contributed by atoms with Gasteiger partial charge in [0, 0.05) is 5.54 Å². The van der Waals surface area contributed by atoms with Gasteiger partial charge in [-0.25, -0.2) is 4.90 Å². The number of halogens is 12. The second-order valence-corrected chi connectivity index (χ2v) is 16.1. The molecule has 0 saturated carbocycles. The van der Waals surface area contributed by atoms with E-state index in [2.05, 4.69) is 0 Å². The topological polar surface area (TPSA) is 74.8 Å². The molecule has 4 aromatic rings. The zero-order valence-electron chi connectivity index (χ0n) is 31.5. The molecule has 6 nitrogen and oxygen atoms in total. The minimum absolute atomic E-state index is 0.0461. The van der Waals surface area contributed by atoms with Crippen molar-refractivity contribution >= 4 is 29.3 Å². The van der Waals surface area contributed by atoms with Gasteiger partial charge in [0.25, 0.3) is 23.6 Å². The second-order valence-electron chi connectivity index (χ2n) is 16.1. The zero-order chi connectivity index (χ0) is 44.4. The lowest BCUT2D eigenvalue weighted by Gasteiger charge is -2.38. The second kappa shape index (κ2) is 13.2. The number of hydrogen-bond acceptors (Lipinski definition) is 4. The lowest BCUT2D eigenvalue weighted by molar-refractivity contribution is -0.288. The fourth-order valence-corrected chi connectivity index (χ4v) is 7.39. The van der Waals surface area contributed by atoms with Crippen molar-refractivity contribution in [2.45, 2.75) is 82.6 Å². The molecule has 0 aliphatic carbocycles. The van der Waals surface area contributed by atoms with Gasteiger partial charge in [0.05, 0.1) is 39.1 Å². The Morgan fingerprint density at radius 1 is 0.407 bits per heavy atom. The summed E-state index contributed by atoms with van der Waals surface area (Å²) >= 11 is 0. The number of anilines is 1. The molecular formula is C41H30F12N2O4. The highest BCUT2D eigenvalue weighted by Crippen LogP contribution is 2.57. The van der Waals surface area contributed by atoms with E-state index < -0.39 is 126 Å². The largest absolute Gasteiger partial charge is 0.417 e. The first kappa shape index (κ1) is 42.9. The van der Waals surface area contributed by atoms with Gasteiger partial charge in [0.1, 0.15) is 0 Å². The SMILES string of the molecule is CC(C)(C)c1ccc(-c2ccc(N3C(=O)c4ccc(C(c5ccc6c(c5)C(=O)N(C(C)(C)C)C6=O)(C(F)(F)F)C(F)(F)F)cc4C3=O)cc2C(F)(F)F)c(C(F)(F)F)c1. The molecule has 4 aromatic carbocycles. The predicted octanol–water partition coefficient (Wildman–Crippen LogP) is 11.3. The number of benzene rings is 4. The smallest absolute Gasteiger partial charge is 0.269 e. The van der Waals surface area contributed by atoms with Crippen molar-refractivity contribution in [3.8, 4) is 11.1 Å². The first-order valence-electron chi connectivity index (χ1n) is 17.4. The first-order valence-corrected chi connectivity index (χ1v) is 17.4. The highest BCUT2D eigenvalue weighted by molar-refractivity contribution is 6.34. The molecule has 6 rings (SSSR count). The standard InChI is InChI=1S/C41H30F12N2O4/c1-35(2,3)19-7-11-23(29(17-19)38(42,43)44)24-14-10-22(18-30(24)39(45,46)47)54-31(56)25-12-8-20(15-27(25)32(54)57)37(40(48,49)50,41(51,52)53)21-9-13-26-28(16-21)34(59)55(33(26)58)36(4,5)6/h7-18H,1-6H3. The molecule has 0 saturated heterocycles. The molecule has 0 aromatic heterocycles. The van der Waals surface area contributed by atoms with E-state index in [-0.39, 0.29) is 34.7 Å². The zero-order valence-corrected chi connectivity index (χ0v) is 31.5. The van der Waals surface area contributed by atoms with Crippen molar-refractivity contribution in [2.75, 3.05) is 4.90 Å². The minimum atomic E-state index is -6.29. The molecule has 0 N–H and O–H groups in total. The highest BCUT2D eigenvalue weighted by atomic mass is 19.4. The van der Waals surface area contributed by atoms with Gasteiger partial charge < -0.3 is 0 Å². The summed E-state index contributed by atoms with van der Waals surface area (Å²) in [6, 6.07) is 6.21. The molecule has 0 radical (unpaired) electrons. The van der Waals surface area contributed by atoms with Crippen LogP contribution in [-0.2, 0) is 23.2 Å². The van der Waals surface area contributed by atoms with Crippen molar-refractivity contribution in [3.05, 3.63) is 123 Å². The van der Waals surface area contributed by atoms with Crippen LogP contribution in [0.2, 0.25) is 0 Å². The number of hydrogen-bond donors (Lipinski definition) is 0. The summed E-state index contributed by atoms with van der Waals surface area (Å²) in [5.74, 6) is -5.26. The van der Waals surface area contributed by atoms with E-state index in [4.69, 9.17) is 0 Å². The molecule has 2 aliphatic rings. The maximum absolute atomic E-state index is 15.2. The first-order chi connectivity index (χ1) is 26.7. The lowest BCUT2D eigenvalue weighted by atomic mass is 9.71. The summed E-state index contributed by atoms with van der Waals surface area (Å²) in [4.78, 5) is 54.1. The monoisotopic (exact) mass is 842 g/mol. The van der Waals surface area contributed by atoms with Crippen LogP contribution in [0.3, 0.4) is 0 Å². The Hall–Kier alpha value is -5.68. The van der Waals surface area contributed by atoms with E-state index in [0.717, 1.165) is 6.07 Å².